The molecule has 0 aliphatic carbocycles. The van der Waals surface area contributed by atoms with Crippen LogP contribution in [0.1, 0.15) is 54.0 Å². The third kappa shape index (κ3) is 3.99. The Labute approximate surface area is 110 Å². The van der Waals surface area contributed by atoms with Crippen molar-refractivity contribution in [3.8, 4) is 0 Å². The fraction of sp³-hybridized carbons (Fsp3) is 0.467. The van der Waals surface area contributed by atoms with Gasteiger partial charge in [-0.2, -0.15) is 0 Å². The van der Waals surface area contributed by atoms with Crippen molar-refractivity contribution in [3.63, 3.8) is 0 Å². The van der Waals surface area contributed by atoms with Crippen LogP contribution in [0.3, 0.4) is 0 Å². The topological polar surface area (TPSA) is 37.4 Å². The highest BCUT2D eigenvalue weighted by Crippen LogP contribution is 2.14. The monoisotopic (exact) mass is 249 g/mol. The third-order valence-electron chi connectivity index (χ3n) is 2.52. The molecule has 0 saturated carbocycles. The highest BCUT2D eigenvalue weighted by Gasteiger charge is 2.12. The maximum atomic E-state index is 11.7. The lowest BCUT2D eigenvalue weighted by Crippen LogP contribution is -2.22. The molecule has 0 aliphatic rings. The first kappa shape index (κ1) is 16.4. The largest absolute Gasteiger partial charge is 0.345 e. The van der Waals surface area contributed by atoms with Crippen molar-refractivity contribution in [1.29, 1.82) is 0 Å². The van der Waals surface area contributed by atoms with E-state index in [1.165, 1.54) is 4.90 Å². The van der Waals surface area contributed by atoms with Crippen molar-refractivity contribution in [2.75, 3.05) is 14.1 Å². The van der Waals surface area contributed by atoms with E-state index in [9.17, 15) is 9.59 Å². The fourth-order valence-corrected chi connectivity index (χ4v) is 1.62. The van der Waals surface area contributed by atoms with Crippen LogP contribution in [0.15, 0.2) is 18.2 Å². The van der Waals surface area contributed by atoms with Gasteiger partial charge in [-0.05, 0) is 31.0 Å². The number of aryl methyl sites for hydroxylation is 1. The van der Waals surface area contributed by atoms with E-state index >= 15 is 0 Å². The molecular formula is C15H23NO2. The zero-order valence-electron chi connectivity index (χ0n) is 12.2. The lowest BCUT2D eigenvalue weighted by Gasteiger charge is -2.12. The summed E-state index contributed by atoms with van der Waals surface area (Å²) in [6, 6.07) is 5.25. The molecule has 0 unspecified atom stereocenters. The Bertz CT molecular complexity index is 423. The molecule has 1 amide bonds. The summed E-state index contributed by atoms with van der Waals surface area (Å²) in [5.41, 5.74) is 2.27. The van der Waals surface area contributed by atoms with E-state index in [1.807, 2.05) is 20.8 Å². The number of hydrogen-bond acceptors (Lipinski definition) is 2. The number of hydrogen-bond donors (Lipinski definition) is 0. The Morgan fingerprint density at radius 1 is 1.17 bits per heavy atom. The number of amides is 1. The Kier molecular flexibility index (Phi) is 6.94. The van der Waals surface area contributed by atoms with Gasteiger partial charge in [-0.25, -0.2) is 0 Å². The van der Waals surface area contributed by atoms with Crippen LogP contribution in [0, 0.1) is 0 Å². The molecule has 0 fully saturated rings. The van der Waals surface area contributed by atoms with E-state index in [0.717, 1.165) is 12.0 Å². The van der Waals surface area contributed by atoms with Crippen molar-refractivity contribution < 1.29 is 9.59 Å². The SMILES string of the molecule is CC.CCc1cc(C(=O)N(C)C)ccc1C(C)=O. The summed E-state index contributed by atoms with van der Waals surface area (Å²) >= 11 is 0. The molecule has 100 valence electrons. The maximum Gasteiger partial charge on any atom is 0.253 e. The number of carbonyl (C=O) groups excluding carboxylic acids is 2. The van der Waals surface area contributed by atoms with Gasteiger partial charge < -0.3 is 4.90 Å². The Balaban J connectivity index is 0.00000137. The first-order valence-electron chi connectivity index (χ1n) is 6.32. The van der Waals surface area contributed by atoms with E-state index in [0.29, 0.717) is 11.1 Å². The van der Waals surface area contributed by atoms with Gasteiger partial charge in [-0.15, -0.1) is 0 Å². The molecule has 0 N–H and O–H groups in total. The van der Waals surface area contributed by atoms with E-state index in [-0.39, 0.29) is 11.7 Å². The van der Waals surface area contributed by atoms with Crippen LogP contribution < -0.4 is 0 Å². The Hall–Kier alpha value is -1.64. The standard InChI is InChI=1S/C13H17NO2.C2H6/c1-5-10-8-11(13(16)14(3)4)6-7-12(10)9(2)15;1-2/h6-8H,5H2,1-4H3;1-2H3. The number of ketones is 1. The first-order chi connectivity index (χ1) is 8.47. The number of Topliss-reactive ketones (excluding diaryl/α,β-unsaturated/α-hetero) is 1. The van der Waals surface area contributed by atoms with Crippen LogP contribution >= 0.6 is 0 Å². The molecule has 0 atom stereocenters. The Morgan fingerprint density at radius 2 is 1.72 bits per heavy atom. The van der Waals surface area contributed by atoms with E-state index < -0.39 is 0 Å². The van der Waals surface area contributed by atoms with Gasteiger partial charge in [0, 0.05) is 25.2 Å². The number of nitrogens with zero attached hydrogens (tertiary/aromatic N) is 1. The van der Waals surface area contributed by atoms with Gasteiger partial charge in [0.1, 0.15) is 0 Å². The second-order valence-electron chi connectivity index (χ2n) is 3.98. The molecule has 0 aromatic heterocycles. The summed E-state index contributed by atoms with van der Waals surface area (Å²) in [5.74, 6) is 0.00510. The van der Waals surface area contributed by atoms with Crippen LogP contribution in [0.5, 0.6) is 0 Å². The number of rotatable bonds is 3. The molecule has 1 rings (SSSR count). The molecule has 0 aliphatic heterocycles. The normalized spacial score (nSPS) is 9.22. The average molecular weight is 249 g/mol. The minimum atomic E-state index is -0.0372. The van der Waals surface area contributed by atoms with Crippen molar-refractivity contribution >= 4 is 11.7 Å². The van der Waals surface area contributed by atoms with Crippen LogP contribution in [0.25, 0.3) is 0 Å². The molecule has 1 aromatic carbocycles. The zero-order valence-corrected chi connectivity index (χ0v) is 12.2. The summed E-state index contributed by atoms with van der Waals surface area (Å²) in [6.07, 6.45) is 0.753. The van der Waals surface area contributed by atoms with Crippen LogP contribution in [-0.2, 0) is 6.42 Å². The molecule has 0 heterocycles. The van der Waals surface area contributed by atoms with Gasteiger partial charge in [0.05, 0.1) is 0 Å². The summed E-state index contributed by atoms with van der Waals surface area (Å²) in [6.45, 7) is 7.52. The highest BCUT2D eigenvalue weighted by atomic mass is 16.2. The number of carbonyl (C=O) groups is 2. The molecule has 18 heavy (non-hydrogen) atoms. The second-order valence-corrected chi connectivity index (χ2v) is 3.98. The molecule has 0 radical (unpaired) electrons. The summed E-state index contributed by atoms with van der Waals surface area (Å²) in [4.78, 5) is 24.6. The summed E-state index contributed by atoms with van der Waals surface area (Å²) in [7, 11) is 3.43. The Morgan fingerprint density at radius 3 is 2.11 bits per heavy atom. The van der Waals surface area contributed by atoms with Crippen molar-refractivity contribution in [3.05, 3.63) is 34.9 Å². The summed E-state index contributed by atoms with van der Waals surface area (Å²) < 4.78 is 0. The van der Waals surface area contributed by atoms with E-state index in [1.54, 1.807) is 39.2 Å². The molecule has 1 aromatic rings. The van der Waals surface area contributed by atoms with Crippen molar-refractivity contribution in [1.82, 2.24) is 4.90 Å². The molecule has 0 bridgehead atoms. The molecule has 0 saturated heterocycles. The van der Waals surface area contributed by atoms with Gasteiger partial charge in [0.15, 0.2) is 5.78 Å². The predicted octanol–water partition coefficient (Wildman–Crippen LogP) is 3.18. The van der Waals surface area contributed by atoms with E-state index in [4.69, 9.17) is 0 Å². The quantitative estimate of drug-likeness (QED) is 0.771. The van der Waals surface area contributed by atoms with Gasteiger partial charge in [0.2, 0.25) is 0 Å². The summed E-state index contributed by atoms with van der Waals surface area (Å²) in [5, 5.41) is 0. The van der Waals surface area contributed by atoms with Crippen molar-refractivity contribution in [2.45, 2.75) is 34.1 Å². The third-order valence-corrected chi connectivity index (χ3v) is 2.52. The average Bonchev–Trinajstić information content (AvgIpc) is 2.39. The predicted molar refractivity (Wildman–Crippen MR) is 75.2 cm³/mol. The second kappa shape index (κ2) is 7.64. The first-order valence-corrected chi connectivity index (χ1v) is 6.32. The van der Waals surface area contributed by atoms with Crippen LogP contribution in [-0.4, -0.2) is 30.7 Å². The highest BCUT2D eigenvalue weighted by molar-refractivity contribution is 5.98. The molecule has 3 nitrogen and oxygen atoms in total. The van der Waals surface area contributed by atoms with Gasteiger partial charge in [-0.3, -0.25) is 9.59 Å². The minimum absolute atomic E-state index is 0.0372. The van der Waals surface area contributed by atoms with Crippen LogP contribution in [0.2, 0.25) is 0 Å². The molecule has 0 spiro atoms. The van der Waals surface area contributed by atoms with Gasteiger partial charge >= 0.3 is 0 Å². The van der Waals surface area contributed by atoms with Crippen LogP contribution in [0.4, 0.5) is 0 Å². The molecule has 3 heteroatoms. The minimum Gasteiger partial charge on any atom is -0.345 e. The lowest BCUT2D eigenvalue weighted by atomic mass is 9.99. The van der Waals surface area contributed by atoms with Gasteiger partial charge in [0.25, 0.3) is 5.91 Å². The van der Waals surface area contributed by atoms with Crippen molar-refractivity contribution in [2.24, 2.45) is 0 Å². The lowest BCUT2D eigenvalue weighted by molar-refractivity contribution is 0.0827. The maximum absolute atomic E-state index is 11.7. The zero-order chi connectivity index (χ0) is 14.3. The smallest absolute Gasteiger partial charge is 0.253 e. The fourth-order valence-electron chi connectivity index (χ4n) is 1.62. The number of benzene rings is 1. The van der Waals surface area contributed by atoms with E-state index in [2.05, 4.69) is 0 Å². The molecular weight excluding hydrogens is 226 g/mol. The van der Waals surface area contributed by atoms with Gasteiger partial charge in [-0.1, -0.05) is 26.8 Å².